The standard InChI is InChI=1S/C16H22F2N2O/c1-19(2)10-12-5-7-20(8-6-12)11-16(21)13-3-4-14(17)15(18)9-13/h3-4,9,12H,5-8,10-11H2,1-2H3. The molecule has 1 aliphatic rings. The molecule has 0 aliphatic carbocycles. The minimum atomic E-state index is -0.967. The maximum absolute atomic E-state index is 13.1. The van der Waals surface area contributed by atoms with E-state index in [4.69, 9.17) is 0 Å². The van der Waals surface area contributed by atoms with Crippen LogP contribution >= 0.6 is 0 Å². The third kappa shape index (κ3) is 4.58. The van der Waals surface area contributed by atoms with Gasteiger partial charge in [0.2, 0.25) is 0 Å². The van der Waals surface area contributed by atoms with Crippen molar-refractivity contribution in [3.8, 4) is 0 Å². The molecular weight excluding hydrogens is 274 g/mol. The number of hydrogen-bond donors (Lipinski definition) is 0. The van der Waals surface area contributed by atoms with Crippen LogP contribution in [-0.2, 0) is 0 Å². The summed E-state index contributed by atoms with van der Waals surface area (Å²) in [4.78, 5) is 16.4. The molecule has 0 radical (unpaired) electrons. The first kappa shape index (κ1) is 16.0. The van der Waals surface area contributed by atoms with E-state index < -0.39 is 11.6 Å². The fourth-order valence-corrected chi connectivity index (χ4v) is 2.81. The van der Waals surface area contributed by atoms with E-state index in [1.807, 2.05) is 0 Å². The minimum absolute atomic E-state index is 0.153. The molecule has 5 heteroatoms. The summed E-state index contributed by atoms with van der Waals surface area (Å²) in [7, 11) is 4.14. The zero-order chi connectivity index (χ0) is 15.4. The predicted octanol–water partition coefficient (Wildman–Crippen LogP) is 2.42. The molecule has 1 aliphatic heterocycles. The van der Waals surface area contributed by atoms with Gasteiger partial charge in [0.15, 0.2) is 17.4 Å². The number of rotatable bonds is 5. The fourth-order valence-electron chi connectivity index (χ4n) is 2.81. The number of nitrogens with zero attached hydrogens (tertiary/aromatic N) is 2. The van der Waals surface area contributed by atoms with Gasteiger partial charge in [-0.3, -0.25) is 9.69 Å². The van der Waals surface area contributed by atoms with E-state index in [-0.39, 0.29) is 17.9 Å². The first-order valence-electron chi connectivity index (χ1n) is 7.31. The molecule has 0 amide bonds. The van der Waals surface area contributed by atoms with Crippen LogP contribution in [0.25, 0.3) is 0 Å². The van der Waals surface area contributed by atoms with Crippen LogP contribution in [0.2, 0.25) is 0 Å². The van der Waals surface area contributed by atoms with E-state index >= 15 is 0 Å². The van der Waals surface area contributed by atoms with Gasteiger partial charge < -0.3 is 4.90 Å². The zero-order valence-corrected chi connectivity index (χ0v) is 12.6. The van der Waals surface area contributed by atoms with E-state index in [1.54, 1.807) is 0 Å². The molecule has 0 aromatic heterocycles. The zero-order valence-electron chi connectivity index (χ0n) is 12.6. The van der Waals surface area contributed by atoms with Crippen LogP contribution in [0.15, 0.2) is 18.2 Å². The Morgan fingerprint density at radius 1 is 1.24 bits per heavy atom. The quantitative estimate of drug-likeness (QED) is 0.780. The largest absolute Gasteiger partial charge is 0.309 e. The molecule has 21 heavy (non-hydrogen) atoms. The third-order valence-electron chi connectivity index (χ3n) is 3.94. The van der Waals surface area contributed by atoms with Crippen LogP contribution in [0.5, 0.6) is 0 Å². The highest BCUT2D eigenvalue weighted by Crippen LogP contribution is 2.18. The Labute approximate surface area is 124 Å². The van der Waals surface area contributed by atoms with Crippen LogP contribution in [0.1, 0.15) is 23.2 Å². The number of halogens is 2. The van der Waals surface area contributed by atoms with E-state index in [2.05, 4.69) is 23.9 Å². The number of ketones is 1. The first-order valence-corrected chi connectivity index (χ1v) is 7.31. The molecule has 0 bridgehead atoms. The van der Waals surface area contributed by atoms with E-state index in [0.717, 1.165) is 44.6 Å². The normalized spacial score (nSPS) is 17.4. The second-order valence-corrected chi connectivity index (χ2v) is 6.03. The van der Waals surface area contributed by atoms with Crippen LogP contribution in [0.4, 0.5) is 8.78 Å². The highest BCUT2D eigenvalue weighted by molar-refractivity contribution is 5.97. The molecular formula is C16H22F2N2O. The van der Waals surface area contributed by atoms with Crippen molar-refractivity contribution < 1.29 is 13.6 Å². The monoisotopic (exact) mass is 296 g/mol. The third-order valence-corrected chi connectivity index (χ3v) is 3.94. The number of hydrogen-bond acceptors (Lipinski definition) is 3. The summed E-state index contributed by atoms with van der Waals surface area (Å²) in [6, 6.07) is 3.34. The van der Waals surface area contributed by atoms with Gasteiger partial charge in [-0.15, -0.1) is 0 Å². The van der Waals surface area contributed by atoms with Crippen molar-refractivity contribution in [3.63, 3.8) is 0 Å². The van der Waals surface area contributed by atoms with Gasteiger partial charge in [0, 0.05) is 12.1 Å². The first-order chi connectivity index (χ1) is 9.95. The lowest BCUT2D eigenvalue weighted by atomic mass is 9.96. The molecule has 1 heterocycles. The maximum atomic E-state index is 13.1. The van der Waals surface area contributed by atoms with Crippen LogP contribution in [0.3, 0.4) is 0 Å². The molecule has 1 aromatic rings. The average Bonchev–Trinajstić information content (AvgIpc) is 2.43. The molecule has 116 valence electrons. The number of piperidine rings is 1. The predicted molar refractivity (Wildman–Crippen MR) is 78.4 cm³/mol. The lowest BCUT2D eigenvalue weighted by Gasteiger charge is -2.32. The van der Waals surface area contributed by atoms with Gasteiger partial charge in [-0.25, -0.2) is 8.78 Å². The molecule has 0 spiro atoms. The second kappa shape index (κ2) is 7.09. The van der Waals surface area contributed by atoms with E-state index in [1.165, 1.54) is 6.07 Å². The fraction of sp³-hybridized carbons (Fsp3) is 0.562. The summed E-state index contributed by atoms with van der Waals surface area (Å²) in [5.41, 5.74) is 0.240. The molecule has 2 rings (SSSR count). The van der Waals surface area contributed by atoms with Gasteiger partial charge in [0.05, 0.1) is 6.54 Å². The molecule has 0 atom stereocenters. The summed E-state index contributed by atoms with van der Waals surface area (Å²) in [6.45, 7) is 3.12. The lowest BCUT2D eigenvalue weighted by Crippen LogP contribution is -2.39. The van der Waals surface area contributed by atoms with Crippen molar-refractivity contribution >= 4 is 5.78 Å². The Bertz CT molecular complexity index is 497. The second-order valence-electron chi connectivity index (χ2n) is 6.03. The smallest absolute Gasteiger partial charge is 0.176 e. The molecule has 1 saturated heterocycles. The maximum Gasteiger partial charge on any atom is 0.176 e. The molecule has 1 fully saturated rings. The Balaban J connectivity index is 1.85. The van der Waals surface area contributed by atoms with Crippen molar-refractivity contribution in [2.75, 3.05) is 40.3 Å². The van der Waals surface area contributed by atoms with Crippen LogP contribution < -0.4 is 0 Å². The summed E-state index contributed by atoms with van der Waals surface area (Å²) in [5, 5.41) is 0. The van der Waals surface area contributed by atoms with Gasteiger partial charge >= 0.3 is 0 Å². The van der Waals surface area contributed by atoms with Crippen molar-refractivity contribution in [1.29, 1.82) is 0 Å². The highest BCUT2D eigenvalue weighted by atomic mass is 19.2. The number of benzene rings is 1. The minimum Gasteiger partial charge on any atom is -0.309 e. The van der Waals surface area contributed by atoms with Crippen molar-refractivity contribution in [2.45, 2.75) is 12.8 Å². The summed E-state index contributed by atoms with van der Waals surface area (Å²) >= 11 is 0. The van der Waals surface area contributed by atoms with Gasteiger partial charge in [-0.2, -0.15) is 0 Å². The van der Waals surface area contributed by atoms with Crippen LogP contribution in [0, 0.1) is 17.6 Å². The Kier molecular flexibility index (Phi) is 5.42. The summed E-state index contributed by atoms with van der Waals surface area (Å²) in [5.74, 6) is -1.36. The Morgan fingerprint density at radius 3 is 2.48 bits per heavy atom. The van der Waals surface area contributed by atoms with Crippen LogP contribution in [-0.4, -0.2) is 55.9 Å². The van der Waals surface area contributed by atoms with Crippen molar-refractivity contribution in [1.82, 2.24) is 9.80 Å². The molecule has 3 nitrogen and oxygen atoms in total. The summed E-state index contributed by atoms with van der Waals surface area (Å²) < 4.78 is 26.0. The van der Waals surface area contributed by atoms with Gasteiger partial charge in [0.25, 0.3) is 0 Å². The molecule has 0 unspecified atom stereocenters. The van der Waals surface area contributed by atoms with Crippen molar-refractivity contribution in [2.24, 2.45) is 5.92 Å². The molecule has 0 saturated carbocycles. The molecule has 0 N–H and O–H groups in total. The molecule has 1 aromatic carbocycles. The van der Waals surface area contributed by atoms with Gasteiger partial charge in [0.1, 0.15) is 0 Å². The SMILES string of the molecule is CN(C)CC1CCN(CC(=O)c2ccc(F)c(F)c2)CC1. The van der Waals surface area contributed by atoms with Gasteiger partial charge in [-0.05, 0) is 64.1 Å². The van der Waals surface area contributed by atoms with E-state index in [9.17, 15) is 13.6 Å². The van der Waals surface area contributed by atoms with Gasteiger partial charge in [-0.1, -0.05) is 0 Å². The summed E-state index contributed by atoms with van der Waals surface area (Å²) in [6.07, 6.45) is 2.15. The number of carbonyl (C=O) groups excluding carboxylic acids is 1. The number of likely N-dealkylation sites (tertiary alicyclic amines) is 1. The highest BCUT2D eigenvalue weighted by Gasteiger charge is 2.22. The average molecular weight is 296 g/mol. The Morgan fingerprint density at radius 2 is 1.90 bits per heavy atom. The topological polar surface area (TPSA) is 23.6 Å². The number of Topliss-reactive ketones (excluding diaryl/α,β-unsaturated/α-hetero) is 1. The van der Waals surface area contributed by atoms with E-state index in [0.29, 0.717) is 5.92 Å². The lowest BCUT2D eigenvalue weighted by molar-refractivity contribution is 0.0885. The number of carbonyl (C=O) groups is 1. The van der Waals surface area contributed by atoms with Crippen molar-refractivity contribution in [3.05, 3.63) is 35.4 Å². The Hall–Kier alpha value is -1.33.